The molecular formula is C9H9BrO2. The lowest BCUT2D eigenvalue weighted by molar-refractivity contribution is 0.112. The van der Waals surface area contributed by atoms with Crippen molar-refractivity contribution in [1.29, 1.82) is 0 Å². The summed E-state index contributed by atoms with van der Waals surface area (Å²) in [6.45, 7) is 1.87. The van der Waals surface area contributed by atoms with Crippen LogP contribution in [0.4, 0.5) is 0 Å². The molecule has 1 aromatic carbocycles. The molecule has 0 saturated heterocycles. The summed E-state index contributed by atoms with van der Waals surface area (Å²) < 4.78 is 5.80. The molecule has 0 aliphatic rings. The molecule has 2 nitrogen and oxygen atoms in total. The van der Waals surface area contributed by atoms with Crippen LogP contribution in [0.3, 0.4) is 0 Å². The van der Waals surface area contributed by atoms with Crippen molar-refractivity contribution in [1.82, 2.24) is 0 Å². The lowest BCUT2D eigenvalue weighted by Gasteiger charge is -2.05. The van der Waals surface area contributed by atoms with Gasteiger partial charge in [0.2, 0.25) is 0 Å². The van der Waals surface area contributed by atoms with Gasteiger partial charge in [0.25, 0.3) is 0 Å². The SMILES string of the molecule is COc1cc(C)c(C=O)c(Br)c1. The molecule has 0 bridgehead atoms. The quantitative estimate of drug-likeness (QED) is 0.728. The Balaban J connectivity index is 3.27. The van der Waals surface area contributed by atoms with Crippen LogP contribution >= 0.6 is 15.9 Å². The fourth-order valence-electron chi connectivity index (χ4n) is 0.991. The average Bonchev–Trinajstić information content (AvgIpc) is 2.03. The number of carbonyl (C=O) groups is 1. The zero-order chi connectivity index (χ0) is 9.14. The fourth-order valence-corrected chi connectivity index (χ4v) is 1.62. The first-order chi connectivity index (χ1) is 5.69. The Morgan fingerprint density at radius 3 is 2.58 bits per heavy atom. The number of carbonyl (C=O) groups excluding carboxylic acids is 1. The Bertz CT molecular complexity index is 284. The van der Waals surface area contributed by atoms with E-state index in [4.69, 9.17) is 4.74 Å². The van der Waals surface area contributed by atoms with E-state index in [2.05, 4.69) is 15.9 Å². The molecule has 0 saturated carbocycles. The van der Waals surface area contributed by atoms with E-state index in [0.717, 1.165) is 22.1 Å². The van der Waals surface area contributed by atoms with E-state index in [-0.39, 0.29) is 0 Å². The molecule has 0 heterocycles. The van der Waals surface area contributed by atoms with Gasteiger partial charge in [-0.2, -0.15) is 0 Å². The number of aldehydes is 1. The van der Waals surface area contributed by atoms with Crippen LogP contribution in [0, 0.1) is 6.92 Å². The highest BCUT2D eigenvalue weighted by atomic mass is 79.9. The third-order valence-electron chi connectivity index (χ3n) is 1.66. The summed E-state index contributed by atoms with van der Waals surface area (Å²) in [5.41, 5.74) is 1.59. The van der Waals surface area contributed by atoms with E-state index in [1.54, 1.807) is 13.2 Å². The van der Waals surface area contributed by atoms with E-state index < -0.39 is 0 Å². The molecule has 0 atom stereocenters. The lowest BCUT2D eigenvalue weighted by Crippen LogP contribution is -1.91. The molecule has 0 aliphatic carbocycles. The first kappa shape index (κ1) is 9.26. The van der Waals surface area contributed by atoms with Crippen LogP contribution in [0.5, 0.6) is 5.75 Å². The number of hydrogen-bond donors (Lipinski definition) is 0. The molecule has 0 aromatic heterocycles. The molecule has 0 spiro atoms. The van der Waals surface area contributed by atoms with Gasteiger partial charge in [-0.05, 0) is 40.5 Å². The standard InChI is InChI=1S/C9H9BrO2/c1-6-3-7(12-2)4-9(10)8(6)5-11/h3-5H,1-2H3. The zero-order valence-electron chi connectivity index (χ0n) is 6.93. The van der Waals surface area contributed by atoms with Gasteiger partial charge >= 0.3 is 0 Å². The third-order valence-corrected chi connectivity index (χ3v) is 2.32. The molecule has 1 rings (SSSR count). The predicted octanol–water partition coefficient (Wildman–Crippen LogP) is 2.58. The van der Waals surface area contributed by atoms with Crippen LogP contribution in [0.1, 0.15) is 15.9 Å². The predicted molar refractivity (Wildman–Crippen MR) is 50.8 cm³/mol. The van der Waals surface area contributed by atoms with Crippen molar-refractivity contribution in [2.24, 2.45) is 0 Å². The normalized spacial score (nSPS) is 9.58. The van der Waals surface area contributed by atoms with Gasteiger partial charge in [0, 0.05) is 10.0 Å². The van der Waals surface area contributed by atoms with E-state index >= 15 is 0 Å². The summed E-state index contributed by atoms with van der Waals surface area (Å²) in [5.74, 6) is 0.755. The van der Waals surface area contributed by atoms with Gasteiger partial charge in [0.1, 0.15) is 5.75 Å². The number of benzene rings is 1. The van der Waals surface area contributed by atoms with Gasteiger partial charge in [-0.1, -0.05) is 0 Å². The van der Waals surface area contributed by atoms with Gasteiger partial charge in [0.05, 0.1) is 7.11 Å². The van der Waals surface area contributed by atoms with Crippen molar-refractivity contribution in [2.75, 3.05) is 7.11 Å². The molecule has 1 aromatic rings. The maximum absolute atomic E-state index is 10.6. The van der Waals surface area contributed by atoms with Gasteiger partial charge < -0.3 is 4.74 Å². The molecule has 0 unspecified atom stereocenters. The van der Waals surface area contributed by atoms with E-state index in [1.165, 1.54) is 0 Å². The summed E-state index contributed by atoms with van der Waals surface area (Å²) in [5, 5.41) is 0. The number of rotatable bonds is 2. The molecule has 0 radical (unpaired) electrons. The van der Waals surface area contributed by atoms with Crippen LogP contribution in [0.15, 0.2) is 16.6 Å². The zero-order valence-corrected chi connectivity index (χ0v) is 8.51. The summed E-state index contributed by atoms with van der Waals surface area (Å²) in [6, 6.07) is 3.60. The maximum atomic E-state index is 10.6. The molecule has 0 fully saturated rings. The van der Waals surface area contributed by atoms with Crippen LogP contribution in [0.25, 0.3) is 0 Å². The Morgan fingerprint density at radius 2 is 2.17 bits per heavy atom. The monoisotopic (exact) mass is 228 g/mol. The topological polar surface area (TPSA) is 26.3 Å². The van der Waals surface area contributed by atoms with Crippen molar-refractivity contribution in [3.63, 3.8) is 0 Å². The van der Waals surface area contributed by atoms with E-state index in [9.17, 15) is 4.79 Å². The number of aryl methyl sites for hydroxylation is 1. The minimum absolute atomic E-state index is 0.677. The number of ether oxygens (including phenoxy) is 1. The van der Waals surface area contributed by atoms with Crippen molar-refractivity contribution in [3.05, 3.63) is 27.7 Å². The van der Waals surface area contributed by atoms with E-state index in [1.807, 2.05) is 13.0 Å². The Labute approximate surface area is 79.7 Å². The Morgan fingerprint density at radius 1 is 1.50 bits per heavy atom. The molecule has 0 amide bonds. The Hall–Kier alpha value is -0.830. The highest BCUT2D eigenvalue weighted by Crippen LogP contribution is 2.24. The fraction of sp³-hybridized carbons (Fsp3) is 0.222. The molecule has 12 heavy (non-hydrogen) atoms. The third kappa shape index (κ3) is 1.67. The summed E-state index contributed by atoms with van der Waals surface area (Å²) in [6.07, 6.45) is 0.832. The molecule has 0 aliphatic heterocycles. The van der Waals surface area contributed by atoms with Crippen molar-refractivity contribution in [2.45, 2.75) is 6.92 Å². The summed E-state index contributed by atoms with van der Waals surface area (Å²) in [4.78, 5) is 10.6. The second kappa shape index (κ2) is 3.72. The molecular weight excluding hydrogens is 220 g/mol. The molecule has 64 valence electrons. The van der Waals surface area contributed by atoms with Crippen LogP contribution < -0.4 is 4.74 Å². The van der Waals surface area contributed by atoms with Gasteiger partial charge in [-0.3, -0.25) is 4.79 Å². The summed E-state index contributed by atoms with van der Waals surface area (Å²) >= 11 is 3.29. The average molecular weight is 229 g/mol. The van der Waals surface area contributed by atoms with Gasteiger partial charge in [-0.25, -0.2) is 0 Å². The minimum atomic E-state index is 0.677. The van der Waals surface area contributed by atoms with Gasteiger partial charge in [-0.15, -0.1) is 0 Å². The van der Waals surface area contributed by atoms with Gasteiger partial charge in [0.15, 0.2) is 6.29 Å². The Kier molecular flexibility index (Phi) is 2.87. The molecule has 3 heteroatoms. The number of halogens is 1. The van der Waals surface area contributed by atoms with Crippen molar-refractivity contribution >= 4 is 22.2 Å². The highest BCUT2D eigenvalue weighted by Gasteiger charge is 2.04. The number of methoxy groups -OCH3 is 1. The first-order valence-electron chi connectivity index (χ1n) is 3.48. The van der Waals surface area contributed by atoms with E-state index in [0.29, 0.717) is 5.56 Å². The van der Waals surface area contributed by atoms with Crippen LogP contribution in [-0.4, -0.2) is 13.4 Å². The van der Waals surface area contributed by atoms with Crippen LogP contribution in [0.2, 0.25) is 0 Å². The first-order valence-corrected chi connectivity index (χ1v) is 4.27. The second-order valence-corrected chi connectivity index (χ2v) is 3.31. The summed E-state index contributed by atoms with van der Waals surface area (Å²) in [7, 11) is 1.60. The largest absolute Gasteiger partial charge is 0.497 e. The minimum Gasteiger partial charge on any atom is -0.497 e. The highest BCUT2D eigenvalue weighted by molar-refractivity contribution is 9.10. The molecule has 0 N–H and O–H groups in total. The lowest BCUT2D eigenvalue weighted by atomic mass is 10.1. The second-order valence-electron chi connectivity index (χ2n) is 2.46. The smallest absolute Gasteiger partial charge is 0.151 e. The van der Waals surface area contributed by atoms with Crippen molar-refractivity contribution < 1.29 is 9.53 Å². The van der Waals surface area contributed by atoms with Crippen molar-refractivity contribution in [3.8, 4) is 5.75 Å². The van der Waals surface area contributed by atoms with Crippen LogP contribution in [-0.2, 0) is 0 Å². The number of hydrogen-bond acceptors (Lipinski definition) is 2. The maximum Gasteiger partial charge on any atom is 0.151 e.